The van der Waals surface area contributed by atoms with Crippen LogP contribution in [0.3, 0.4) is 0 Å². The van der Waals surface area contributed by atoms with E-state index in [4.69, 9.17) is 4.89 Å². The van der Waals surface area contributed by atoms with Crippen molar-refractivity contribution >= 4 is 7.37 Å². The van der Waals surface area contributed by atoms with Gasteiger partial charge in [-0.05, 0) is 18.8 Å². The highest BCUT2D eigenvalue weighted by Crippen LogP contribution is 2.47. The monoisotopic (exact) mass is 148 g/mol. The Labute approximate surface area is 55.7 Å². The van der Waals surface area contributed by atoms with Gasteiger partial charge < -0.3 is 4.89 Å². The molecule has 0 unspecified atom stereocenters. The van der Waals surface area contributed by atoms with Gasteiger partial charge in [0, 0.05) is 12.3 Å². The van der Waals surface area contributed by atoms with Crippen LogP contribution >= 0.6 is 7.37 Å². The van der Waals surface area contributed by atoms with Gasteiger partial charge in [-0.15, -0.1) is 0 Å². The van der Waals surface area contributed by atoms with Gasteiger partial charge in [0.25, 0.3) is 0 Å². The van der Waals surface area contributed by atoms with E-state index in [9.17, 15) is 4.57 Å². The maximum atomic E-state index is 10.9. The smallest absolute Gasteiger partial charge is 0.200 e. The summed E-state index contributed by atoms with van der Waals surface area (Å²) in [6.07, 6.45) is 2.98. The Balaban J connectivity index is 2.44. The van der Waals surface area contributed by atoms with Gasteiger partial charge in [-0.1, -0.05) is 6.92 Å². The highest BCUT2D eigenvalue weighted by molar-refractivity contribution is 7.58. The molecule has 0 bridgehead atoms. The Kier molecular flexibility index (Phi) is 1.97. The van der Waals surface area contributed by atoms with Gasteiger partial charge in [0.1, 0.15) is 0 Å². The Morgan fingerprint density at radius 2 is 1.89 bits per heavy atom. The number of hydrogen-bond acceptors (Lipinski definition) is 1. The molecule has 0 aliphatic carbocycles. The minimum Gasteiger partial charge on any atom is -0.344 e. The molecular weight excluding hydrogens is 135 g/mol. The van der Waals surface area contributed by atoms with Crippen molar-refractivity contribution in [1.82, 2.24) is 0 Å². The summed E-state index contributed by atoms with van der Waals surface area (Å²) >= 11 is 0. The molecule has 0 radical (unpaired) electrons. The van der Waals surface area contributed by atoms with Gasteiger partial charge in [-0.3, -0.25) is 4.57 Å². The van der Waals surface area contributed by atoms with Crippen LogP contribution in [0.4, 0.5) is 0 Å². The van der Waals surface area contributed by atoms with E-state index in [1.165, 1.54) is 0 Å². The lowest BCUT2D eigenvalue weighted by atomic mass is 10.1. The van der Waals surface area contributed by atoms with E-state index in [2.05, 4.69) is 6.92 Å². The molecule has 1 aliphatic rings. The Bertz CT molecular complexity index is 132. The molecule has 1 aliphatic heterocycles. The maximum Gasteiger partial charge on any atom is 0.200 e. The first-order valence-electron chi connectivity index (χ1n) is 3.41. The Morgan fingerprint density at radius 1 is 1.44 bits per heavy atom. The van der Waals surface area contributed by atoms with Crippen LogP contribution in [0.1, 0.15) is 19.8 Å². The van der Waals surface area contributed by atoms with Crippen LogP contribution in [0.15, 0.2) is 0 Å². The molecule has 1 N–H and O–H groups in total. The molecule has 0 amide bonds. The molecule has 0 aromatic carbocycles. The normalized spacial score (nSPS) is 44.9. The molecule has 2 nitrogen and oxygen atoms in total. The predicted octanol–water partition coefficient (Wildman–Crippen LogP) is 1.69. The molecule has 0 aromatic heterocycles. The van der Waals surface area contributed by atoms with Crippen LogP contribution in [0, 0.1) is 5.92 Å². The summed E-state index contributed by atoms with van der Waals surface area (Å²) in [5.41, 5.74) is 0. The fraction of sp³-hybridized carbons (Fsp3) is 1.00. The summed E-state index contributed by atoms with van der Waals surface area (Å²) in [7, 11) is -2.62. The van der Waals surface area contributed by atoms with Crippen LogP contribution in [-0.4, -0.2) is 17.2 Å². The molecule has 1 heterocycles. The van der Waals surface area contributed by atoms with Gasteiger partial charge in [0.2, 0.25) is 7.37 Å². The zero-order chi connectivity index (χ0) is 6.91. The summed E-state index contributed by atoms with van der Waals surface area (Å²) < 4.78 is 10.9. The van der Waals surface area contributed by atoms with Gasteiger partial charge in [0.05, 0.1) is 0 Å². The fourth-order valence-electron chi connectivity index (χ4n) is 1.10. The van der Waals surface area contributed by atoms with Crippen LogP contribution in [0.2, 0.25) is 0 Å². The van der Waals surface area contributed by atoms with Crippen molar-refractivity contribution in [3.8, 4) is 0 Å². The van der Waals surface area contributed by atoms with Crippen LogP contribution in [0.25, 0.3) is 0 Å². The molecule has 0 atom stereocenters. The third-order valence-corrected chi connectivity index (χ3v) is 3.86. The second-order valence-corrected chi connectivity index (χ2v) is 5.56. The summed E-state index contributed by atoms with van der Waals surface area (Å²) in [6, 6.07) is 0. The predicted molar refractivity (Wildman–Crippen MR) is 38.0 cm³/mol. The second-order valence-electron chi connectivity index (χ2n) is 2.98. The SMILES string of the molecule is CC1CCP(=O)(O)CC1. The number of hydrogen-bond donors (Lipinski definition) is 1. The van der Waals surface area contributed by atoms with Crippen molar-refractivity contribution in [3.05, 3.63) is 0 Å². The van der Waals surface area contributed by atoms with E-state index >= 15 is 0 Å². The van der Waals surface area contributed by atoms with Crippen molar-refractivity contribution in [1.29, 1.82) is 0 Å². The van der Waals surface area contributed by atoms with E-state index in [1.807, 2.05) is 0 Å². The van der Waals surface area contributed by atoms with Gasteiger partial charge >= 0.3 is 0 Å². The Morgan fingerprint density at radius 3 is 2.22 bits per heavy atom. The molecule has 54 valence electrons. The minimum absolute atomic E-state index is 0.550. The first-order chi connectivity index (χ1) is 4.10. The molecule has 0 saturated carbocycles. The first kappa shape index (κ1) is 7.30. The zero-order valence-corrected chi connectivity index (χ0v) is 6.60. The lowest BCUT2D eigenvalue weighted by Gasteiger charge is -2.21. The highest BCUT2D eigenvalue weighted by Gasteiger charge is 2.24. The van der Waals surface area contributed by atoms with Crippen LogP contribution < -0.4 is 0 Å². The van der Waals surface area contributed by atoms with Crippen LogP contribution in [0.5, 0.6) is 0 Å². The molecule has 1 rings (SSSR count). The maximum absolute atomic E-state index is 10.9. The van der Waals surface area contributed by atoms with E-state index in [0.29, 0.717) is 18.2 Å². The van der Waals surface area contributed by atoms with Crippen molar-refractivity contribution < 1.29 is 9.46 Å². The summed E-state index contributed by atoms with van der Waals surface area (Å²) in [6.45, 7) is 2.14. The minimum atomic E-state index is -2.62. The number of rotatable bonds is 0. The third kappa shape index (κ3) is 2.11. The topological polar surface area (TPSA) is 37.3 Å². The van der Waals surface area contributed by atoms with Gasteiger partial charge in [-0.2, -0.15) is 0 Å². The van der Waals surface area contributed by atoms with E-state index in [-0.39, 0.29) is 0 Å². The van der Waals surface area contributed by atoms with Crippen molar-refractivity contribution in [2.24, 2.45) is 5.92 Å². The summed E-state index contributed by atoms with van der Waals surface area (Å²) in [4.78, 5) is 9.05. The molecule has 1 fully saturated rings. The standard InChI is InChI=1S/C6H13O2P/c1-6-2-4-9(7,8)5-3-6/h6H,2-5H2,1H3,(H,7,8). The van der Waals surface area contributed by atoms with E-state index in [1.54, 1.807) is 0 Å². The average molecular weight is 148 g/mol. The molecular formula is C6H13O2P. The zero-order valence-electron chi connectivity index (χ0n) is 5.71. The van der Waals surface area contributed by atoms with Gasteiger partial charge in [0.15, 0.2) is 0 Å². The second kappa shape index (κ2) is 2.43. The summed E-state index contributed by atoms with van der Waals surface area (Å²) in [5, 5.41) is 0. The molecule has 0 spiro atoms. The molecule has 3 heteroatoms. The fourth-order valence-corrected chi connectivity index (χ4v) is 3.01. The third-order valence-electron chi connectivity index (χ3n) is 1.94. The first-order valence-corrected chi connectivity index (χ1v) is 5.44. The molecule has 9 heavy (non-hydrogen) atoms. The quantitative estimate of drug-likeness (QED) is 0.531. The van der Waals surface area contributed by atoms with Crippen molar-refractivity contribution in [3.63, 3.8) is 0 Å². The van der Waals surface area contributed by atoms with E-state index < -0.39 is 7.37 Å². The largest absolute Gasteiger partial charge is 0.344 e. The van der Waals surface area contributed by atoms with Crippen molar-refractivity contribution in [2.45, 2.75) is 19.8 Å². The van der Waals surface area contributed by atoms with E-state index in [0.717, 1.165) is 12.8 Å². The van der Waals surface area contributed by atoms with Gasteiger partial charge in [-0.25, -0.2) is 0 Å². The van der Waals surface area contributed by atoms with Crippen molar-refractivity contribution in [2.75, 3.05) is 12.3 Å². The molecule has 0 aromatic rings. The highest BCUT2D eigenvalue weighted by atomic mass is 31.2. The lowest BCUT2D eigenvalue weighted by Crippen LogP contribution is -2.10. The Hall–Kier alpha value is 0.190. The average Bonchev–Trinajstić information content (AvgIpc) is 1.78. The lowest BCUT2D eigenvalue weighted by molar-refractivity contribution is 0.431. The molecule has 1 saturated heterocycles. The van der Waals surface area contributed by atoms with Crippen LogP contribution in [-0.2, 0) is 4.57 Å². The summed E-state index contributed by atoms with van der Waals surface area (Å²) in [5.74, 6) is 0.666.